The molecule has 0 spiro atoms. The first-order valence-corrected chi connectivity index (χ1v) is 9.10. The lowest BCUT2D eigenvalue weighted by Gasteiger charge is -2.48. The Kier molecular flexibility index (Phi) is 5.37. The second-order valence-electron chi connectivity index (χ2n) is 7.12. The van der Waals surface area contributed by atoms with E-state index in [9.17, 15) is 5.26 Å². The number of nitrogens with one attached hydrogen (secondary N) is 1. The normalized spacial score (nSPS) is 21.2. The highest BCUT2D eigenvalue weighted by Crippen LogP contribution is 2.35. The summed E-state index contributed by atoms with van der Waals surface area (Å²) < 4.78 is 5.55. The molecular weight excluding hydrogens is 300 g/mol. The zero-order valence-electron chi connectivity index (χ0n) is 14.9. The van der Waals surface area contributed by atoms with Gasteiger partial charge in [-0.2, -0.15) is 5.26 Å². The number of pyridine rings is 1. The molecule has 5 nitrogen and oxygen atoms in total. The van der Waals surface area contributed by atoms with Gasteiger partial charge in [0.1, 0.15) is 6.07 Å². The van der Waals surface area contributed by atoms with E-state index in [1.54, 1.807) is 0 Å². The first-order valence-electron chi connectivity index (χ1n) is 9.10. The lowest BCUT2D eigenvalue weighted by molar-refractivity contribution is -0.0318. The Hall–Kier alpha value is -1.64. The Balaban J connectivity index is 1.80. The minimum Gasteiger partial charge on any atom is -0.382 e. The van der Waals surface area contributed by atoms with Gasteiger partial charge in [-0.15, -0.1) is 0 Å². The number of aromatic nitrogens is 1. The molecule has 130 valence electrons. The highest BCUT2D eigenvalue weighted by Gasteiger charge is 2.38. The smallest absolute Gasteiger partial charge is 0.103 e. The molecule has 1 saturated heterocycles. The molecule has 1 N–H and O–H groups in total. The molecule has 0 bridgehead atoms. The maximum Gasteiger partial charge on any atom is 0.103 e. The van der Waals surface area contributed by atoms with E-state index in [0.717, 1.165) is 49.9 Å². The van der Waals surface area contributed by atoms with Crippen molar-refractivity contribution in [3.63, 3.8) is 0 Å². The third-order valence-electron chi connectivity index (χ3n) is 5.51. The summed E-state index contributed by atoms with van der Waals surface area (Å²) in [6.07, 6.45) is 6.37. The third-order valence-corrected chi connectivity index (χ3v) is 5.51. The van der Waals surface area contributed by atoms with Crippen molar-refractivity contribution in [3.8, 4) is 6.07 Å². The van der Waals surface area contributed by atoms with Crippen LogP contribution in [-0.4, -0.2) is 48.3 Å². The van der Waals surface area contributed by atoms with Crippen LogP contribution in [0.2, 0.25) is 0 Å². The quantitative estimate of drug-likeness (QED) is 0.920. The van der Waals surface area contributed by atoms with E-state index in [-0.39, 0.29) is 5.54 Å². The molecule has 0 radical (unpaired) electrons. The molecule has 0 amide bonds. The van der Waals surface area contributed by atoms with Crippen molar-refractivity contribution in [3.05, 3.63) is 23.0 Å². The minimum absolute atomic E-state index is 0.194. The minimum atomic E-state index is 0.194. The van der Waals surface area contributed by atoms with Crippen molar-refractivity contribution >= 4 is 5.69 Å². The van der Waals surface area contributed by atoms with Crippen LogP contribution in [0.15, 0.2) is 6.07 Å². The number of morpholine rings is 1. The Morgan fingerprint density at radius 3 is 2.62 bits per heavy atom. The number of hydrogen-bond donors (Lipinski definition) is 1. The van der Waals surface area contributed by atoms with Gasteiger partial charge in [-0.3, -0.25) is 9.88 Å². The summed E-state index contributed by atoms with van der Waals surface area (Å²) in [5, 5.41) is 13.1. The molecule has 1 aromatic heterocycles. The number of ether oxygens (including phenoxy) is 1. The van der Waals surface area contributed by atoms with E-state index in [1.165, 1.54) is 32.1 Å². The molecule has 3 rings (SSSR count). The van der Waals surface area contributed by atoms with E-state index in [4.69, 9.17) is 4.74 Å². The first-order chi connectivity index (χ1) is 11.6. The number of anilines is 1. The van der Waals surface area contributed by atoms with E-state index >= 15 is 0 Å². The van der Waals surface area contributed by atoms with Gasteiger partial charge in [0.25, 0.3) is 0 Å². The van der Waals surface area contributed by atoms with E-state index in [0.29, 0.717) is 5.56 Å². The third kappa shape index (κ3) is 3.55. The molecule has 1 aliphatic heterocycles. The maximum absolute atomic E-state index is 9.48. The Labute approximate surface area is 145 Å². The standard InChI is InChI=1S/C19H28N4O/c1-15-12-18(17(13-20)16(2)22-15)21-14-19(6-4-3-5-7-19)23-8-10-24-11-9-23/h12H,3-11,14H2,1-2H3,(H,21,22). The lowest BCUT2D eigenvalue weighted by Crippen LogP contribution is -2.58. The van der Waals surface area contributed by atoms with Gasteiger partial charge in [0.2, 0.25) is 0 Å². The maximum atomic E-state index is 9.48. The number of nitriles is 1. The fourth-order valence-electron chi connectivity index (χ4n) is 4.22. The SMILES string of the molecule is Cc1cc(NCC2(N3CCOCC3)CCCCC2)c(C#N)c(C)n1. The van der Waals surface area contributed by atoms with Gasteiger partial charge >= 0.3 is 0 Å². The zero-order chi connectivity index (χ0) is 17.0. The highest BCUT2D eigenvalue weighted by molar-refractivity contribution is 5.60. The molecule has 2 aliphatic rings. The predicted molar refractivity (Wildman–Crippen MR) is 95.1 cm³/mol. The average Bonchev–Trinajstić information content (AvgIpc) is 2.61. The molecule has 0 aromatic carbocycles. The average molecular weight is 328 g/mol. The summed E-state index contributed by atoms with van der Waals surface area (Å²) in [6.45, 7) is 8.48. The second kappa shape index (κ2) is 7.50. The van der Waals surface area contributed by atoms with Gasteiger partial charge < -0.3 is 10.1 Å². The van der Waals surface area contributed by atoms with Gasteiger partial charge in [0, 0.05) is 30.9 Å². The number of hydrogen-bond acceptors (Lipinski definition) is 5. The van der Waals surface area contributed by atoms with Crippen LogP contribution in [0.3, 0.4) is 0 Å². The molecule has 1 aromatic rings. The van der Waals surface area contributed by atoms with Gasteiger partial charge in [0.15, 0.2) is 0 Å². The van der Waals surface area contributed by atoms with Crippen LogP contribution in [0.1, 0.15) is 49.1 Å². The first kappa shape index (κ1) is 17.2. The van der Waals surface area contributed by atoms with Crippen molar-refractivity contribution in [2.45, 2.75) is 51.5 Å². The molecule has 1 aliphatic carbocycles. The fourth-order valence-corrected chi connectivity index (χ4v) is 4.22. The number of aryl methyl sites for hydroxylation is 2. The summed E-state index contributed by atoms with van der Waals surface area (Å²) in [5.74, 6) is 0. The largest absolute Gasteiger partial charge is 0.382 e. The van der Waals surface area contributed by atoms with Gasteiger partial charge in [-0.25, -0.2) is 0 Å². The van der Waals surface area contributed by atoms with Crippen LogP contribution in [0.4, 0.5) is 5.69 Å². The summed E-state index contributed by atoms with van der Waals surface area (Å²) in [6, 6.07) is 4.31. The zero-order valence-corrected chi connectivity index (χ0v) is 14.9. The topological polar surface area (TPSA) is 61.2 Å². The molecule has 5 heteroatoms. The molecule has 0 unspecified atom stereocenters. The summed E-state index contributed by atoms with van der Waals surface area (Å²) in [5.41, 5.74) is 3.57. The molecule has 1 saturated carbocycles. The van der Waals surface area contributed by atoms with Crippen LogP contribution in [0.25, 0.3) is 0 Å². The van der Waals surface area contributed by atoms with Crippen LogP contribution < -0.4 is 5.32 Å². The Morgan fingerprint density at radius 2 is 1.96 bits per heavy atom. The van der Waals surface area contributed by atoms with Crippen molar-refractivity contribution in [1.82, 2.24) is 9.88 Å². The molecule has 2 fully saturated rings. The number of nitrogens with zero attached hydrogens (tertiary/aromatic N) is 3. The van der Waals surface area contributed by atoms with Crippen molar-refractivity contribution in [2.75, 3.05) is 38.2 Å². The molecule has 2 heterocycles. The summed E-state index contributed by atoms with van der Waals surface area (Å²) in [4.78, 5) is 7.04. The van der Waals surface area contributed by atoms with E-state index in [1.807, 2.05) is 19.9 Å². The van der Waals surface area contributed by atoms with E-state index in [2.05, 4.69) is 21.3 Å². The Morgan fingerprint density at radius 1 is 1.25 bits per heavy atom. The van der Waals surface area contributed by atoms with Gasteiger partial charge in [-0.05, 0) is 32.8 Å². The fraction of sp³-hybridized carbons (Fsp3) is 0.684. The Bertz CT molecular complexity index is 611. The van der Waals surface area contributed by atoms with Crippen LogP contribution >= 0.6 is 0 Å². The van der Waals surface area contributed by atoms with Crippen molar-refractivity contribution in [2.24, 2.45) is 0 Å². The van der Waals surface area contributed by atoms with E-state index < -0.39 is 0 Å². The summed E-state index contributed by atoms with van der Waals surface area (Å²) >= 11 is 0. The molecule has 0 atom stereocenters. The van der Waals surface area contributed by atoms with Gasteiger partial charge in [-0.1, -0.05) is 19.3 Å². The molecular formula is C19H28N4O. The molecule has 24 heavy (non-hydrogen) atoms. The highest BCUT2D eigenvalue weighted by atomic mass is 16.5. The van der Waals surface area contributed by atoms with Gasteiger partial charge in [0.05, 0.1) is 30.2 Å². The monoisotopic (exact) mass is 328 g/mol. The van der Waals surface area contributed by atoms with Crippen molar-refractivity contribution in [1.29, 1.82) is 5.26 Å². The lowest BCUT2D eigenvalue weighted by atomic mass is 9.79. The second-order valence-corrected chi connectivity index (χ2v) is 7.12. The van der Waals surface area contributed by atoms with Crippen LogP contribution in [-0.2, 0) is 4.74 Å². The predicted octanol–water partition coefficient (Wildman–Crippen LogP) is 3.02. The van der Waals surface area contributed by atoms with Crippen LogP contribution in [0, 0.1) is 25.2 Å². The summed E-state index contributed by atoms with van der Waals surface area (Å²) in [7, 11) is 0. The number of rotatable bonds is 4. The van der Waals surface area contributed by atoms with Crippen LogP contribution in [0.5, 0.6) is 0 Å². The van der Waals surface area contributed by atoms with Crippen molar-refractivity contribution < 1.29 is 4.74 Å².